The zero-order chi connectivity index (χ0) is 47.8. The van der Waals surface area contributed by atoms with Gasteiger partial charge in [-0.1, -0.05) is 108 Å². The first-order valence-electron chi connectivity index (χ1n) is 21.6. The number of anilines is 2. The number of carbonyl (C=O) groups excluding carboxylic acids is 4. The van der Waals surface area contributed by atoms with Gasteiger partial charge in [0.2, 0.25) is 11.8 Å². The van der Waals surface area contributed by atoms with Crippen molar-refractivity contribution in [1.29, 1.82) is 0 Å². The first-order valence-corrected chi connectivity index (χ1v) is 22.3. The quantitative estimate of drug-likeness (QED) is 0.0824. The number of rotatable bonds is 9. The molecule has 6 atom stereocenters. The van der Waals surface area contributed by atoms with Crippen LogP contribution in [0.5, 0.6) is 17.2 Å². The Morgan fingerprint density at radius 2 is 1.59 bits per heavy atom. The van der Waals surface area contributed by atoms with E-state index in [0.29, 0.717) is 56.4 Å². The number of alkyl halides is 3. The van der Waals surface area contributed by atoms with Crippen LogP contribution in [0.25, 0.3) is 22.9 Å². The number of hydrogen-bond donors (Lipinski definition) is 2. The largest absolute Gasteiger partial charge is 0.507 e. The van der Waals surface area contributed by atoms with Crippen molar-refractivity contribution in [1.82, 2.24) is 9.99 Å². The molecule has 10 rings (SSSR count). The van der Waals surface area contributed by atoms with Crippen LogP contribution in [-0.2, 0) is 30.8 Å². The summed E-state index contributed by atoms with van der Waals surface area (Å²) in [7, 11) is 3.15. The molecule has 0 spiro atoms. The van der Waals surface area contributed by atoms with Gasteiger partial charge in [0.15, 0.2) is 5.82 Å². The van der Waals surface area contributed by atoms with Gasteiger partial charge in [0.05, 0.1) is 53.7 Å². The second-order valence-corrected chi connectivity index (χ2v) is 18.0. The normalized spacial score (nSPS) is 23.5. The van der Waals surface area contributed by atoms with Gasteiger partial charge in [0.1, 0.15) is 17.2 Å². The number of fused-ring (bicyclic) bond motifs is 5. The number of phenolic OH excluding ortho intramolecular Hbond substituents is 1. The topological polar surface area (TPSA) is 138 Å². The summed E-state index contributed by atoms with van der Waals surface area (Å²) in [6.45, 7) is 0. The second kappa shape index (κ2) is 16.9. The fraction of sp³-hybridized carbons (Fsp3) is 0.212. The van der Waals surface area contributed by atoms with Crippen LogP contribution >= 0.6 is 23.2 Å². The fourth-order valence-electron chi connectivity index (χ4n) is 10.8. The Bertz CT molecular complexity index is 3140. The average molecular weight is 960 g/mol. The van der Waals surface area contributed by atoms with Crippen LogP contribution in [0, 0.1) is 23.7 Å². The lowest BCUT2D eigenvalue weighted by atomic mass is 9.49. The number of carbonyl (C=O) groups is 4. The van der Waals surface area contributed by atoms with Crippen LogP contribution in [0.4, 0.5) is 24.7 Å². The molecule has 11 nitrogen and oxygen atoms in total. The van der Waals surface area contributed by atoms with Crippen LogP contribution in [0.2, 0.25) is 10.0 Å². The van der Waals surface area contributed by atoms with E-state index in [-0.39, 0.29) is 30.0 Å². The molecule has 0 bridgehead atoms. The molecule has 0 radical (unpaired) electrons. The highest BCUT2D eigenvalue weighted by Gasteiger charge is 2.71. The summed E-state index contributed by atoms with van der Waals surface area (Å²) in [5.74, 6) is -6.69. The smallest absolute Gasteiger partial charge is 0.417 e. The fourth-order valence-corrected chi connectivity index (χ4v) is 11.1. The molecule has 16 heteroatoms. The lowest BCUT2D eigenvalue weighted by Crippen LogP contribution is -2.53. The third kappa shape index (κ3) is 7.07. The number of aromatic nitrogens is 1. The van der Waals surface area contributed by atoms with Gasteiger partial charge in [-0.2, -0.15) is 18.2 Å². The molecule has 2 N–H and O–H groups in total. The lowest BCUT2D eigenvalue weighted by Gasteiger charge is -2.50. The van der Waals surface area contributed by atoms with Gasteiger partial charge in [0.25, 0.3) is 11.8 Å². The molecular formula is C52H39Cl2F3N4O7. The molecule has 5 aromatic carbocycles. The molecule has 4 amide bonds. The molecule has 68 heavy (non-hydrogen) atoms. The summed E-state index contributed by atoms with van der Waals surface area (Å²) in [6.07, 6.45) is 1.36. The molecule has 2 aliphatic heterocycles. The number of halogens is 5. The highest BCUT2D eigenvalue weighted by molar-refractivity contribution is 6.33. The summed E-state index contributed by atoms with van der Waals surface area (Å²) < 4.78 is 51.8. The zero-order valence-electron chi connectivity index (χ0n) is 36.1. The van der Waals surface area contributed by atoms with Crippen molar-refractivity contribution in [3.8, 4) is 17.2 Å². The van der Waals surface area contributed by atoms with E-state index in [1.807, 2.05) is 36.4 Å². The lowest BCUT2D eigenvalue weighted by molar-refractivity contribution is -0.139. The highest BCUT2D eigenvalue weighted by atomic mass is 35.5. The van der Waals surface area contributed by atoms with Crippen molar-refractivity contribution in [2.45, 2.75) is 30.4 Å². The molecule has 6 unspecified atom stereocenters. The summed E-state index contributed by atoms with van der Waals surface area (Å²) in [4.78, 5) is 65.3. The Labute approximate surface area is 397 Å². The Hall–Kier alpha value is -7.16. The minimum atomic E-state index is -4.78. The van der Waals surface area contributed by atoms with Crippen molar-refractivity contribution in [3.63, 3.8) is 0 Å². The van der Waals surface area contributed by atoms with E-state index in [4.69, 9.17) is 32.7 Å². The minimum Gasteiger partial charge on any atom is -0.507 e. The number of nitrogens with one attached hydrogen (secondary N) is 1. The summed E-state index contributed by atoms with van der Waals surface area (Å²) >= 11 is 12.8. The molecule has 4 aliphatic rings. The molecule has 1 saturated carbocycles. The Morgan fingerprint density at radius 3 is 2.29 bits per heavy atom. The standard InChI is InChI=1S/C52H39Cl2F3N4O7/c1-67-34-18-22-42(68-2)29(23-34)10-7-27-8-16-33(17-9-27)60-47(63)37-21-20-36-39(43(37)49(60)65)25-40-48(64)61(59-46-41(54)24-31(26-58-46)52(55,56)57)50(66)51(40,30-12-14-32(53)15-13-30)44(36)38-19-11-28-5-3-4-6-35(28)45(38)62/h3-20,22-24,26,37,39-40,43-44,62H,21,25H2,1-2H3,(H,58,59). The number of benzene rings is 5. The number of imide groups is 2. The number of ether oxygens (including phenoxy) is 2. The molecular weight excluding hydrogens is 920 g/mol. The van der Waals surface area contributed by atoms with E-state index in [1.165, 1.54) is 4.90 Å². The van der Waals surface area contributed by atoms with E-state index in [2.05, 4.69) is 10.4 Å². The Morgan fingerprint density at radius 1 is 0.838 bits per heavy atom. The van der Waals surface area contributed by atoms with Crippen LogP contribution < -0.4 is 19.8 Å². The third-order valence-corrected chi connectivity index (χ3v) is 14.4. The number of nitrogens with zero attached hydrogens (tertiary/aromatic N) is 3. The number of pyridine rings is 1. The second-order valence-electron chi connectivity index (χ2n) is 17.2. The molecule has 3 heterocycles. The number of hydrazine groups is 1. The number of allylic oxidation sites excluding steroid dienone is 2. The zero-order valence-corrected chi connectivity index (χ0v) is 37.6. The van der Waals surface area contributed by atoms with Crippen molar-refractivity contribution < 1.29 is 46.9 Å². The van der Waals surface area contributed by atoms with E-state index >= 15 is 9.59 Å². The summed E-state index contributed by atoms with van der Waals surface area (Å²) in [6, 6.07) is 30.0. The van der Waals surface area contributed by atoms with Crippen molar-refractivity contribution in [2.24, 2.45) is 23.7 Å². The van der Waals surface area contributed by atoms with E-state index in [1.54, 1.807) is 99.1 Å². The average Bonchev–Trinajstić information content (AvgIpc) is 3.72. The summed E-state index contributed by atoms with van der Waals surface area (Å²) in [5.41, 5.74) is 2.78. The van der Waals surface area contributed by atoms with E-state index in [9.17, 15) is 27.9 Å². The molecule has 3 fully saturated rings. The molecule has 344 valence electrons. The molecule has 2 saturated heterocycles. The van der Waals surface area contributed by atoms with E-state index < -0.39 is 75.4 Å². The maximum absolute atomic E-state index is 15.6. The van der Waals surface area contributed by atoms with Crippen LogP contribution in [-0.4, -0.2) is 52.9 Å². The van der Waals surface area contributed by atoms with Crippen LogP contribution in [0.3, 0.4) is 0 Å². The Balaban J connectivity index is 1.07. The van der Waals surface area contributed by atoms with E-state index in [0.717, 1.165) is 16.1 Å². The predicted octanol–water partition coefficient (Wildman–Crippen LogP) is 10.6. The van der Waals surface area contributed by atoms with Crippen LogP contribution in [0.1, 0.15) is 46.6 Å². The first-order chi connectivity index (χ1) is 32.6. The number of phenols is 1. The number of aromatic hydroxyl groups is 1. The Kier molecular flexibility index (Phi) is 11.1. The molecule has 6 aromatic rings. The van der Waals surface area contributed by atoms with Gasteiger partial charge in [-0.15, -0.1) is 0 Å². The minimum absolute atomic E-state index is 0.0955. The van der Waals surface area contributed by atoms with Gasteiger partial charge in [0, 0.05) is 33.7 Å². The van der Waals surface area contributed by atoms with Crippen molar-refractivity contribution >= 4 is 81.3 Å². The van der Waals surface area contributed by atoms with Crippen molar-refractivity contribution in [3.05, 3.63) is 165 Å². The van der Waals surface area contributed by atoms with Gasteiger partial charge in [-0.05, 0) is 83.8 Å². The monoisotopic (exact) mass is 958 g/mol. The van der Waals surface area contributed by atoms with Gasteiger partial charge < -0.3 is 14.6 Å². The summed E-state index contributed by atoms with van der Waals surface area (Å²) in [5, 5.41) is 14.0. The molecule has 2 aliphatic carbocycles. The maximum atomic E-state index is 15.6. The predicted molar refractivity (Wildman–Crippen MR) is 250 cm³/mol. The van der Waals surface area contributed by atoms with Gasteiger partial charge in [-0.3, -0.25) is 29.5 Å². The van der Waals surface area contributed by atoms with Crippen LogP contribution in [0.15, 0.2) is 127 Å². The number of hydrogen-bond acceptors (Lipinski definition) is 9. The number of methoxy groups -OCH3 is 2. The SMILES string of the molecule is COc1ccc(OC)c(C=Cc2ccc(N3C(=O)C4CC=C5C(CC6C(=O)N(Nc7ncc(C(F)(F)F)cc7Cl)C(=O)C6(c6ccc(Cl)cc6)C5c5ccc6ccccc6c5O)C4C3=O)cc2)c1. The van der Waals surface area contributed by atoms with Gasteiger partial charge >= 0.3 is 6.18 Å². The third-order valence-electron chi connectivity index (χ3n) is 13.8. The maximum Gasteiger partial charge on any atom is 0.417 e. The molecule has 1 aromatic heterocycles. The number of amides is 4. The first kappa shape index (κ1) is 44.7. The highest BCUT2D eigenvalue weighted by Crippen LogP contribution is 2.65. The van der Waals surface area contributed by atoms with Gasteiger partial charge in [-0.25, -0.2) is 4.98 Å². The van der Waals surface area contributed by atoms with Crippen molar-refractivity contribution in [2.75, 3.05) is 24.5 Å².